The Kier molecular flexibility index (Phi) is 7.30. The second-order valence-corrected chi connectivity index (χ2v) is 23.1. The second-order valence-electron chi connectivity index (χ2n) is 15.6. The van der Waals surface area contributed by atoms with E-state index in [1.54, 1.807) is 0 Å². The van der Waals surface area contributed by atoms with E-state index in [0.29, 0.717) is 0 Å². The van der Waals surface area contributed by atoms with Crippen molar-refractivity contribution in [3.63, 3.8) is 0 Å². The lowest BCUT2D eigenvalue weighted by molar-refractivity contribution is 1.18. The fraction of sp³-hybridized carbons (Fsp3) is 0. The minimum Gasteiger partial charge on any atom is -0.311 e. The Morgan fingerprint density at radius 3 is 1.19 bits per heavy atom. The molecule has 2 aliphatic heterocycles. The minimum atomic E-state index is -3.03. The number of nitrogens with zero attached hydrogens (tertiary/aromatic N) is 2. The molecule has 9 aromatic carbocycles. The van der Waals surface area contributed by atoms with Crippen LogP contribution in [0.3, 0.4) is 0 Å². The summed E-state index contributed by atoms with van der Waals surface area (Å²) in [7, 11) is -5.89. The third kappa shape index (κ3) is 4.36. The van der Waals surface area contributed by atoms with E-state index in [2.05, 4.69) is 240 Å². The number of anilines is 3. The van der Waals surface area contributed by atoms with E-state index in [9.17, 15) is 0 Å². The minimum absolute atomic E-state index is 1.19. The predicted octanol–water partition coefficient (Wildman–Crippen LogP) is 7.64. The average molecular weight is 771 g/mol. The quantitative estimate of drug-likeness (QED) is 0.164. The zero-order chi connectivity index (χ0) is 38.3. The molecule has 4 heteroatoms. The molecule has 2 nitrogen and oxygen atoms in total. The lowest BCUT2D eigenvalue weighted by Gasteiger charge is -2.52. The topological polar surface area (TPSA) is 8.17 Å². The van der Waals surface area contributed by atoms with Crippen LogP contribution in [-0.4, -0.2) is 20.7 Å². The first-order chi connectivity index (χ1) is 28.8. The summed E-state index contributed by atoms with van der Waals surface area (Å²) in [6, 6.07) is 87.4. The Labute approximate surface area is 340 Å². The Morgan fingerprint density at radius 1 is 0.293 bits per heavy atom. The Morgan fingerprint density at radius 2 is 0.672 bits per heavy atom. The van der Waals surface area contributed by atoms with Crippen molar-refractivity contribution in [2.75, 3.05) is 4.90 Å². The third-order valence-electron chi connectivity index (χ3n) is 12.9. The largest absolute Gasteiger partial charge is 0.311 e. The number of hydrogen-bond donors (Lipinski definition) is 0. The van der Waals surface area contributed by atoms with Crippen LogP contribution in [0.1, 0.15) is 0 Å². The molecule has 2 aliphatic rings. The van der Waals surface area contributed by atoms with Gasteiger partial charge in [-0.15, -0.1) is 0 Å². The standard InChI is InChI=1S/C54H38N2Si2/c1-4-21-40(22-5-1)57(41-23-6-2-7-24-41)50-34-16-14-32-48(50)56-49-33-15-17-35-51(49)58(42-25-8-3-9-26-42,53-37-19-36-52(57)54(53)56)43-27-18-20-39(38-43)55-46-30-12-10-28-44(46)45-29-11-13-31-47(45)55/h1-38H. The van der Waals surface area contributed by atoms with Crippen LogP contribution in [0.15, 0.2) is 231 Å². The van der Waals surface area contributed by atoms with Crippen molar-refractivity contribution >= 4 is 96.5 Å². The van der Waals surface area contributed by atoms with Crippen molar-refractivity contribution in [2.45, 2.75) is 0 Å². The average Bonchev–Trinajstić information content (AvgIpc) is 3.64. The molecule has 1 unspecified atom stereocenters. The summed E-state index contributed by atoms with van der Waals surface area (Å²) in [5.74, 6) is 0. The molecule has 3 heterocycles. The molecule has 1 aromatic heterocycles. The molecule has 0 saturated carbocycles. The first kappa shape index (κ1) is 33.2. The highest BCUT2D eigenvalue weighted by Crippen LogP contribution is 2.41. The number of hydrogen-bond acceptors (Lipinski definition) is 1. The molecule has 0 saturated heterocycles. The Balaban J connectivity index is 1.24. The van der Waals surface area contributed by atoms with Crippen molar-refractivity contribution in [1.29, 1.82) is 0 Å². The van der Waals surface area contributed by atoms with Crippen molar-refractivity contribution in [2.24, 2.45) is 0 Å². The van der Waals surface area contributed by atoms with E-state index >= 15 is 0 Å². The van der Waals surface area contributed by atoms with Gasteiger partial charge in [0.2, 0.25) is 0 Å². The summed E-state index contributed by atoms with van der Waals surface area (Å²) in [6.07, 6.45) is 0. The predicted molar refractivity (Wildman–Crippen MR) is 250 cm³/mol. The van der Waals surface area contributed by atoms with Gasteiger partial charge in [-0.3, -0.25) is 0 Å². The first-order valence-electron chi connectivity index (χ1n) is 20.2. The third-order valence-corrected chi connectivity index (χ3v) is 22.6. The van der Waals surface area contributed by atoms with Crippen LogP contribution in [-0.2, 0) is 0 Å². The molecule has 0 N–H and O–H groups in total. The van der Waals surface area contributed by atoms with Gasteiger partial charge < -0.3 is 9.47 Å². The van der Waals surface area contributed by atoms with Gasteiger partial charge in [0, 0.05) is 33.5 Å². The maximum Gasteiger partial charge on any atom is 0.184 e. The van der Waals surface area contributed by atoms with Crippen LogP contribution in [0.2, 0.25) is 0 Å². The molecule has 0 spiro atoms. The number of benzene rings is 9. The van der Waals surface area contributed by atoms with Crippen LogP contribution >= 0.6 is 0 Å². The van der Waals surface area contributed by atoms with Gasteiger partial charge >= 0.3 is 0 Å². The van der Waals surface area contributed by atoms with Gasteiger partial charge in [0.15, 0.2) is 16.1 Å². The highest BCUT2D eigenvalue weighted by atomic mass is 28.3. The molecule has 58 heavy (non-hydrogen) atoms. The van der Waals surface area contributed by atoms with Gasteiger partial charge in [-0.2, -0.15) is 0 Å². The van der Waals surface area contributed by atoms with E-state index in [1.165, 1.54) is 86.0 Å². The number of para-hydroxylation sites is 5. The molecule has 0 fully saturated rings. The Hall–Kier alpha value is -6.99. The highest BCUT2D eigenvalue weighted by Gasteiger charge is 2.56. The lowest BCUT2D eigenvalue weighted by Crippen LogP contribution is -2.82. The van der Waals surface area contributed by atoms with E-state index in [0.717, 1.165) is 0 Å². The van der Waals surface area contributed by atoms with Gasteiger partial charge in [-0.05, 0) is 77.9 Å². The summed E-state index contributed by atoms with van der Waals surface area (Å²) in [5, 5.41) is 13.8. The fourth-order valence-corrected chi connectivity index (χ4v) is 21.1. The lowest BCUT2D eigenvalue weighted by atomic mass is 10.1. The smallest absolute Gasteiger partial charge is 0.184 e. The van der Waals surface area contributed by atoms with Gasteiger partial charge in [0.05, 0.1) is 11.0 Å². The van der Waals surface area contributed by atoms with Gasteiger partial charge in [-0.1, -0.05) is 194 Å². The van der Waals surface area contributed by atoms with Crippen molar-refractivity contribution in [3.8, 4) is 5.69 Å². The zero-order valence-electron chi connectivity index (χ0n) is 31.8. The van der Waals surface area contributed by atoms with Gasteiger partial charge in [0.1, 0.15) is 0 Å². The molecule has 272 valence electrons. The van der Waals surface area contributed by atoms with Crippen molar-refractivity contribution in [1.82, 2.24) is 4.57 Å². The summed E-state index contributed by atoms with van der Waals surface area (Å²) in [4.78, 5) is 2.64. The van der Waals surface area contributed by atoms with Crippen LogP contribution in [0.4, 0.5) is 17.1 Å². The molecule has 1 atom stereocenters. The maximum atomic E-state index is 2.64. The van der Waals surface area contributed by atoms with Gasteiger partial charge in [0.25, 0.3) is 0 Å². The maximum absolute atomic E-state index is 3.03. The molecule has 0 aliphatic carbocycles. The fourth-order valence-electron chi connectivity index (χ4n) is 10.7. The van der Waals surface area contributed by atoms with Crippen LogP contribution in [0.5, 0.6) is 0 Å². The molecule has 10 aromatic rings. The Bertz CT molecular complexity index is 3100. The van der Waals surface area contributed by atoms with Crippen molar-refractivity contribution in [3.05, 3.63) is 231 Å². The summed E-state index contributed by atoms with van der Waals surface area (Å²) in [5.41, 5.74) is 7.55. The molecule has 0 radical (unpaired) electrons. The summed E-state index contributed by atoms with van der Waals surface area (Å²) >= 11 is 0. The number of aromatic nitrogens is 1. The normalized spacial score (nSPS) is 16.1. The molecule has 12 rings (SSSR count). The SMILES string of the molecule is c1ccc([Si]2(c3ccccc3)c3ccccc3N3c4ccccc4[Si](c4ccccc4)(c4cccc(-n5c6ccccc6c6ccccc65)c4)c4cccc2c43)cc1. The highest BCUT2D eigenvalue weighted by molar-refractivity contribution is 7.24. The van der Waals surface area contributed by atoms with Crippen molar-refractivity contribution < 1.29 is 0 Å². The number of rotatable bonds is 5. The first-order valence-corrected chi connectivity index (χ1v) is 24.2. The van der Waals surface area contributed by atoms with Gasteiger partial charge in [-0.25, -0.2) is 0 Å². The second kappa shape index (κ2) is 12.8. The van der Waals surface area contributed by atoms with E-state index in [-0.39, 0.29) is 0 Å². The molecular weight excluding hydrogens is 733 g/mol. The monoisotopic (exact) mass is 770 g/mol. The van der Waals surface area contributed by atoms with Crippen LogP contribution in [0.25, 0.3) is 27.5 Å². The number of fused-ring (bicyclic) bond motifs is 7. The molecule has 0 amide bonds. The van der Waals surface area contributed by atoms with E-state index in [1.807, 2.05) is 0 Å². The summed E-state index contributed by atoms with van der Waals surface area (Å²) < 4.78 is 2.47. The molecule has 0 bridgehead atoms. The summed E-state index contributed by atoms with van der Waals surface area (Å²) in [6.45, 7) is 0. The molecular formula is C54H38N2Si2. The zero-order valence-corrected chi connectivity index (χ0v) is 33.8. The van der Waals surface area contributed by atoms with E-state index < -0.39 is 16.1 Å². The van der Waals surface area contributed by atoms with Crippen LogP contribution in [0, 0.1) is 0 Å². The van der Waals surface area contributed by atoms with E-state index in [4.69, 9.17) is 0 Å². The van der Waals surface area contributed by atoms with Crippen LogP contribution < -0.4 is 46.4 Å².